The Balaban J connectivity index is 2.97. The first-order chi connectivity index (χ1) is 5.74. The van der Waals surface area contributed by atoms with Gasteiger partial charge in [0.05, 0.1) is 0 Å². The third kappa shape index (κ3) is 1.84. The van der Waals surface area contributed by atoms with Crippen molar-refractivity contribution in [3.63, 3.8) is 0 Å². The van der Waals surface area contributed by atoms with Gasteiger partial charge >= 0.3 is 0 Å². The molecule has 0 fully saturated rings. The third-order valence-electron chi connectivity index (χ3n) is 1.43. The van der Waals surface area contributed by atoms with Gasteiger partial charge in [0, 0.05) is 10.5 Å². The molecule has 1 aromatic carbocycles. The van der Waals surface area contributed by atoms with Crippen LogP contribution >= 0.6 is 0 Å². The van der Waals surface area contributed by atoms with E-state index in [2.05, 4.69) is 10.0 Å². The van der Waals surface area contributed by atoms with Gasteiger partial charge in [-0.3, -0.25) is 4.79 Å². The van der Waals surface area contributed by atoms with Crippen molar-refractivity contribution in [2.24, 2.45) is 5.11 Å². The molecule has 60 valence electrons. The summed E-state index contributed by atoms with van der Waals surface area (Å²) >= 11 is 0. The molecule has 0 aliphatic carbocycles. The van der Waals surface area contributed by atoms with Crippen molar-refractivity contribution in [2.45, 2.75) is 6.92 Å². The molecule has 4 heteroatoms. The Kier molecular flexibility index (Phi) is 2.46. The summed E-state index contributed by atoms with van der Waals surface area (Å²) in [7, 11) is 0. The maximum Gasteiger partial charge on any atom is 0.249 e. The highest BCUT2D eigenvalue weighted by molar-refractivity contribution is 5.94. The number of carbonyl (C=O) groups is 1. The molecule has 0 N–H and O–H groups in total. The van der Waals surface area contributed by atoms with Gasteiger partial charge < -0.3 is 0 Å². The molecule has 0 unspecified atom stereocenters. The molecule has 0 aromatic heterocycles. The van der Waals surface area contributed by atoms with Gasteiger partial charge in [0.15, 0.2) is 0 Å². The summed E-state index contributed by atoms with van der Waals surface area (Å²) in [6.07, 6.45) is 0. The second kappa shape index (κ2) is 3.55. The summed E-state index contributed by atoms with van der Waals surface area (Å²) in [4.78, 5) is 13.3. The Morgan fingerprint density at radius 2 is 2.00 bits per heavy atom. The van der Waals surface area contributed by atoms with Crippen LogP contribution in [0.15, 0.2) is 29.4 Å². The number of amides is 1. The van der Waals surface area contributed by atoms with E-state index in [0.717, 1.165) is 5.56 Å². The topological polar surface area (TPSA) is 65.8 Å². The monoisotopic (exact) mass is 161 g/mol. The molecule has 0 aliphatic heterocycles. The lowest BCUT2D eigenvalue weighted by molar-refractivity contribution is 0.100. The zero-order valence-electron chi connectivity index (χ0n) is 6.56. The molecule has 0 spiro atoms. The van der Waals surface area contributed by atoms with Crippen LogP contribution in [0.25, 0.3) is 10.4 Å². The Morgan fingerprint density at radius 3 is 2.50 bits per heavy atom. The van der Waals surface area contributed by atoms with Crippen molar-refractivity contribution in [1.29, 1.82) is 0 Å². The van der Waals surface area contributed by atoms with Gasteiger partial charge in [-0.1, -0.05) is 29.8 Å². The fourth-order valence-corrected chi connectivity index (χ4v) is 0.794. The van der Waals surface area contributed by atoms with E-state index in [0.29, 0.717) is 5.56 Å². The van der Waals surface area contributed by atoms with Gasteiger partial charge in [-0.15, -0.1) is 0 Å². The summed E-state index contributed by atoms with van der Waals surface area (Å²) in [5, 5.41) is 2.97. The van der Waals surface area contributed by atoms with E-state index in [-0.39, 0.29) is 0 Å². The number of carbonyl (C=O) groups excluding carboxylic acids is 1. The lowest BCUT2D eigenvalue weighted by atomic mass is 10.1. The van der Waals surface area contributed by atoms with E-state index >= 15 is 0 Å². The van der Waals surface area contributed by atoms with Crippen molar-refractivity contribution < 1.29 is 4.79 Å². The molecule has 0 aliphatic rings. The maximum atomic E-state index is 10.9. The van der Waals surface area contributed by atoms with Gasteiger partial charge in [-0.05, 0) is 17.6 Å². The fourth-order valence-electron chi connectivity index (χ4n) is 0.794. The first kappa shape index (κ1) is 8.30. The van der Waals surface area contributed by atoms with Crippen LogP contribution < -0.4 is 0 Å². The van der Waals surface area contributed by atoms with Crippen molar-refractivity contribution in [1.82, 2.24) is 0 Å². The summed E-state index contributed by atoms with van der Waals surface area (Å²) in [6.45, 7) is 1.92. The minimum absolute atomic E-state index is 0.415. The lowest BCUT2D eigenvalue weighted by Crippen LogP contribution is -1.91. The molecule has 0 bridgehead atoms. The summed E-state index contributed by atoms with van der Waals surface area (Å²) < 4.78 is 0. The van der Waals surface area contributed by atoms with Gasteiger partial charge in [0.2, 0.25) is 5.91 Å². The van der Waals surface area contributed by atoms with Crippen LogP contribution in [0.3, 0.4) is 0 Å². The van der Waals surface area contributed by atoms with Crippen LogP contribution in [0.2, 0.25) is 0 Å². The van der Waals surface area contributed by atoms with E-state index in [9.17, 15) is 4.79 Å². The van der Waals surface area contributed by atoms with Crippen LogP contribution in [-0.4, -0.2) is 5.91 Å². The Labute approximate surface area is 69.5 Å². The van der Waals surface area contributed by atoms with Crippen LogP contribution in [0.4, 0.5) is 0 Å². The molecule has 0 heterocycles. The summed E-state index contributed by atoms with van der Waals surface area (Å²) in [6, 6.07) is 6.85. The predicted molar refractivity (Wildman–Crippen MR) is 44.7 cm³/mol. The minimum atomic E-state index is -0.544. The minimum Gasteiger partial charge on any atom is -0.287 e. The summed E-state index contributed by atoms with van der Waals surface area (Å²) in [5.41, 5.74) is 9.47. The number of aryl methyl sites for hydroxylation is 1. The van der Waals surface area contributed by atoms with Crippen LogP contribution in [0.1, 0.15) is 15.9 Å². The highest BCUT2D eigenvalue weighted by Crippen LogP contribution is 2.04. The lowest BCUT2D eigenvalue weighted by Gasteiger charge is -1.93. The largest absolute Gasteiger partial charge is 0.287 e. The molecule has 1 aromatic rings. The molecule has 12 heavy (non-hydrogen) atoms. The van der Waals surface area contributed by atoms with Crippen molar-refractivity contribution >= 4 is 5.91 Å². The second-order valence-corrected chi connectivity index (χ2v) is 2.36. The molecule has 1 amide bonds. The second-order valence-electron chi connectivity index (χ2n) is 2.36. The van der Waals surface area contributed by atoms with Gasteiger partial charge in [0.1, 0.15) is 0 Å². The number of rotatable bonds is 1. The number of nitrogens with zero attached hydrogens (tertiary/aromatic N) is 3. The number of hydrogen-bond donors (Lipinski definition) is 0. The van der Waals surface area contributed by atoms with Crippen LogP contribution in [0, 0.1) is 6.92 Å². The Morgan fingerprint density at radius 1 is 1.42 bits per heavy atom. The van der Waals surface area contributed by atoms with Crippen LogP contribution in [-0.2, 0) is 0 Å². The highest BCUT2D eigenvalue weighted by Gasteiger charge is 2.00. The normalized spacial score (nSPS) is 8.75. The zero-order chi connectivity index (χ0) is 8.97. The molecule has 0 saturated carbocycles. The zero-order valence-corrected chi connectivity index (χ0v) is 6.56. The predicted octanol–water partition coefficient (Wildman–Crippen LogP) is 2.45. The molecule has 0 saturated heterocycles. The Bertz CT molecular complexity index is 336. The van der Waals surface area contributed by atoms with E-state index in [1.54, 1.807) is 24.3 Å². The number of hydrogen-bond acceptors (Lipinski definition) is 1. The van der Waals surface area contributed by atoms with Gasteiger partial charge in [0.25, 0.3) is 0 Å². The van der Waals surface area contributed by atoms with Crippen molar-refractivity contribution in [2.75, 3.05) is 0 Å². The maximum absolute atomic E-state index is 10.9. The summed E-state index contributed by atoms with van der Waals surface area (Å²) in [5.74, 6) is -0.544. The van der Waals surface area contributed by atoms with Crippen molar-refractivity contribution in [3.05, 3.63) is 45.8 Å². The fraction of sp³-hybridized carbons (Fsp3) is 0.125. The van der Waals surface area contributed by atoms with Crippen molar-refractivity contribution in [3.8, 4) is 0 Å². The smallest absolute Gasteiger partial charge is 0.249 e. The van der Waals surface area contributed by atoms with Gasteiger partial charge in [-0.25, -0.2) is 0 Å². The van der Waals surface area contributed by atoms with Gasteiger partial charge in [-0.2, -0.15) is 0 Å². The average molecular weight is 161 g/mol. The molecule has 4 nitrogen and oxygen atoms in total. The molecule has 1 rings (SSSR count). The van der Waals surface area contributed by atoms with E-state index in [1.165, 1.54) is 0 Å². The van der Waals surface area contributed by atoms with E-state index < -0.39 is 5.91 Å². The van der Waals surface area contributed by atoms with Crippen LogP contribution in [0.5, 0.6) is 0 Å². The Hall–Kier alpha value is -1.80. The number of benzene rings is 1. The molecule has 0 atom stereocenters. The standard InChI is InChI=1S/C8H7N3O/c1-6-2-4-7(5-3-6)8(12)10-11-9/h2-5H,1H3. The first-order valence-corrected chi connectivity index (χ1v) is 3.40. The van der Waals surface area contributed by atoms with E-state index in [4.69, 9.17) is 5.53 Å². The number of azide groups is 1. The molecular weight excluding hydrogens is 154 g/mol. The molecular formula is C8H7N3O. The average Bonchev–Trinajstić information content (AvgIpc) is 2.06. The quantitative estimate of drug-likeness (QED) is 0.354. The van der Waals surface area contributed by atoms with E-state index in [1.807, 2.05) is 6.92 Å². The third-order valence-corrected chi connectivity index (χ3v) is 1.43. The SMILES string of the molecule is Cc1ccc(C(=O)N=[N+]=[N-])cc1. The molecule has 0 radical (unpaired) electrons. The highest BCUT2D eigenvalue weighted by atomic mass is 16.1. The first-order valence-electron chi connectivity index (χ1n) is 3.40.